The van der Waals surface area contributed by atoms with Crippen molar-refractivity contribution in [1.82, 2.24) is 20.8 Å². The first kappa shape index (κ1) is 15.8. The Morgan fingerprint density at radius 2 is 1.96 bits per heavy atom. The quantitative estimate of drug-likeness (QED) is 0.544. The number of para-hydroxylation sites is 2. The molecule has 0 spiro atoms. The fourth-order valence-corrected chi connectivity index (χ4v) is 2.34. The van der Waals surface area contributed by atoms with E-state index in [1.165, 1.54) is 18.2 Å². The Morgan fingerprint density at radius 3 is 2.75 bits per heavy atom. The van der Waals surface area contributed by atoms with Crippen LogP contribution in [0, 0.1) is 0 Å². The zero-order valence-corrected chi connectivity index (χ0v) is 13.1. The Bertz CT molecular complexity index is 890. The summed E-state index contributed by atoms with van der Waals surface area (Å²) in [6.07, 6.45) is -0.0313. The molecule has 0 atom stereocenters. The second-order valence-corrected chi connectivity index (χ2v) is 5.48. The molecule has 8 heteroatoms. The number of phenols is 1. The predicted molar refractivity (Wildman–Crippen MR) is 88.5 cm³/mol. The molecule has 4 N–H and O–H groups in total. The largest absolute Gasteiger partial charge is 0.507 e. The van der Waals surface area contributed by atoms with Crippen LogP contribution >= 0.6 is 11.6 Å². The molecular formula is C16H13ClN4O3. The standard InChI is InChI=1S/C16H13ClN4O3/c17-9-5-6-13(22)10(7-9)16(24)21-20-15(23)8-14-18-11-3-1-2-4-12(11)19-14/h1-7,22H,8H2,(H,18,19)(H,20,23)(H,21,24). The number of aromatic nitrogens is 2. The fraction of sp³-hybridized carbons (Fsp3) is 0.0625. The fourth-order valence-electron chi connectivity index (χ4n) is 2.17. The molecule has 0 aliphatic carbocycles. The molecule has 122 valence electrons. The second-order valence-electron chi connectivity index (χ2n) is 5.04. The third-order valence-electron chi connectivity index (χ3n) is 3.29. The molecule has 0 fully saturated rings. The Labute approximate surface area is 141 Å². The Hall–Kier alpha value is -3.06. The van der Waals surface area contributed by atoms with Gasteiger partial charge in [0.05, 0.1) is 23.0 Å². The van der Waals surface area contributed by atoms with Crippen molar-refractivity contribution in [1.29, 1.82) is 0 Å². The van der Waals surface area contributed by atoms with E-state index >= 15 is 0 Å². The van der Waals surface area contributed by atoms with Gasteiger partial charge < -0.3 is 10.1 Å². The van der Waals surface area contributed by atoms with Crippen LogP contribution in [0.1, 0.15) is 16.2 Å². The lowest BCUT2D eigenvalue weighted by molar-refractivity contribution is -0.121. The summed E-state index contributed by atoms with van der Waals surface area (Å²) < 4.78 is 0. The third-order valence-corrected chi connectivity index (χ3v) is 3.52. The molecule has 0 saturated carbocycles. The molecule has 7 nitrogen and oxygen atoms in total. The minimum absolute atomic E-state index is 0.0313. The van der Waals surface area contributed by atoms with Crippen LogP contribution < -0.4 is 10.9 Å². The van der Waals surface area contributed by atoms with Crippen molar-refractivity contribution in [3.63, 3.8) is 0 Å². The van der Waals surface area contributed by atoms with Gasteiger partial charge in [-0.3, -0.25) is 20.4 Å². The molecule has 1 heterocycles. The molecule has 0 aliphatic rings. The van der Waals surface area contributed by atoms with Gasteiger partial charge in [0.25, 0.3) is 5.91 Å². The number of amides is 2. The van der Waals surface area contributed by atoms with E-state index in [0.29, 0.717) is 10.8 Å². The number of nitrogens with one attached hydrogen (secondary N) is 3. The van der Waals surface area contributed by atoms with Gasteiger partial charge >= 0.3 is 0 Å². The highest BCUT2D eigenvalue weighted by atomic mass is 35.5. The summed E-state index contributed by atoms with van der Waals surface area (Å²) in [7, 11) is 0. The van der Waals surface area contributed by atoms with Gasteiger partial charge in [0.15, 0.2) is 0 Å². The lowest BCUT2D eigenvalue weighted by Crippen LogP contribution is -2.42. The van der Waals surface area contributed by atoms with Crippen LogP contribution in [0.15, 0.2) is 42.5 Å². The van der Waals surface area contributed by atoms with Gasteiger partial charge in [0.2, 0.25) is 5.91 Å². The zero-order chi connectivity index (χ0) is 17.1. The number of fused-ring (bicyclic) bond motifs is 1. The van der Waals surface area contributed by atoms with Gasteiger partial charge in [-0.2, -0.15) is 0 Å². The second kappa shape index (κ2) is 6.59. The summed E-state index contributed by atoms with van der Waals surface area (Å²) in [5.74, 6) is -0.881. The summed E-state index contributed by atoms with van der Waals surface area (Å²) in [5, 5.41) is 9.94. The van der Waals surface area contributed by atoms with Crippen LogP contribution in [0.2, 0.25) is 5.02 Å². The highest BCUT2D eigenvalue weighted by Gasteiger charge is 2.13. The van der Waals surface area contributed by atoms with Crippen LogP contribution in [0.5, 0.6) is 5.75 Å². The summed E-state index contributed by atoms with van der Waals surface area (Å²) in [6, 6.07) is 11.5. The molecular weight excluding hydrogens is 332 g/mol. The number of nitrogens with zero attached hydrogens (tertiary/aromatic N) is 1. The van der Waals surface area contributed by atoms with Crippen LogP contribution in [-0.2, 0) is 11.2 Å². The van der Waals surface area contributed by atoms with Gasteiger partial charge in [-0.15, -0.1) is 0 Å². The number of H-pyrrole nitrogens is 1. The SMILES string of the molecule is O=C(Cc1nc2ccccc2[nH]1)NNC(=O)c1cc(Cl)ccc1O. The number of carbonyl (C=O) groups excluding carboxylic acids is 2. The van der Waals surface area contributed by atoms with E-state index in [4.69, 9.17) is 11.6 Å². The number of hydrogen-bond donors (Lipinski definition) is 4. The number of hydrazine groups is 1. The van der Waals surface area contributed by atoms with E-state index in [-0.39, 0.29) is 17.7 Å². The first-order valence-corrected chi connectivity index (χ1v) is 7.42. The molecule has 0 aliphatic heterocycles. The van der Waals surface area contributed by atoms with Crippen LogP contribution in [0.3, 0.4) is 0 Å². The zero-order valence-electron chi connectivity index (χ0n) is 12.3. The minimum Gasteiger partial charge on any atom is -0.507 e. The Morgan fingerprint density at radius 1 is 1.17 bits per heavy atom. The first-order chi connectivity index (χ1) is 11.5. The van der Waals surface area contributed by atoms with Crippen molar-refractivity contribution in [2.75, 3.05) is 0 Å². The summed E-state index contributed by atoms with van der Waals surface area (Å²) in [5.41, 5.74) is 6.04. The average Bonchev–Trinajstić information content (AvgIpc) is 2.97. The van der Waals surface area contributed by atoms with Crippen LogP contribution in [0.25, 0.3) is 11.0 Å². The van der Waals surface area contributed by atoms with E-state index in [2.05, 4.69) is 20.8 Å². The Kier molecular flexibility index (Phi) is 4.35. The number of hydrogen-bond acceptors (Lipinski definition) is 4. The normalized spacial score (nSPS) is 10.5. The van der Waals surface area contributed by atoms with Gasteiger partial charge in [-0.25, -0.2) is 4.98 Å². The minimum atomic E-state index is -0.673. The molecule has 24 heavy (non-hydrogen) atoms. The number of imidazole rings is 1. The van der Waals surface area contributed by atoms with Gasteiger partial charge in [-0.05, 0) is 30.3 Å². The number of benzene rings is 2. The molecule has 0 radical (unpaired) electrons. The summed E-state index contributed by atoms with van der Waals surface area (Å²) in [6.45, 7) is 0. The van der Waals surface area contributed by atoms with Crippen molar-refractivity contribution in [3.05, 3.63) is 58.9 Å². The van der Waals surface area contributed by atoms with E-state index in [1.807, 2.05) is 24.3 Å². The summed E-state index contributed by atoms with van der Waals surface area (Å²) in [4.78, 5) is 31.1. The van der Waals surface area contributed by atoms with Gasteiger partial charge in [0, 0.05) is 5.02 Å². The molecule has 0 saturated heterocycles. The van der Waals surface area contributed by atoms with E-state index < -0.39 is 11.8 Å². The molecule has 0 bridgehead atoms. The molecule has 0 unspecified atom stereocenters. The molecule has 3 rings (SSSR count). The predicted octanol–water partition coefficient (Wildman–Crippen LogP) is 1.93. The summed E-state index contributed by atoms with van der Waals surface area (Å²) >= 11 is 5.78. The average molecular weight is 345 g/mol. The smallest absolute Gasteiger partial charge is 0.273 e. The van der Waals surface area contributed by atoms with E-state index in [0.717, 1.165) is 11.0 Å². The number of carbonyl (C=O) groups is 2. The van der Waals surface area contributed by atoms with Crippen LogP contribution in [-0.4, -0.2) is 26.9 Å². The van der Waals surface area contributed by atoms with E-state index in [1.54, 1.807) is 0 Å². The molecule has 2 amide bonds. The number of phenolic OH excluding ortho intramolecular Hbond substituents is 1. The van der Waals surface area contributed by atoms with Crippen molar-refractivity contribution in [2.24, 2.45) is 0 Å². The van der Waals surface area contributed by atoms with Crippen molar-refractivity contribution >= 4 is 34.4 Å². The number of aromatic amines is 1. The van der Waals surface area contributed by atoms with Crippen molar-refractivity contribution in [3.8, 4) is 5.75 Å². The Balaban J connectivity index is 1.61. The van der Waals surface area contributed by atoms with Crippen molar-refractivity contribution < 1.29 is 14.7 Å². The third kappa shape index (κ3) is 3.47. The maximum atomic E-state index is 11.9. The molecule has 3 aromatic rings. The lowest BCUT2D eigenvalue weighted by atomic mass is 10.2. The highest BCUT2D eigenvalue weighted by molar-refractivity contribution is 6.31. The number of halogens is 1. The highest BCUT2D eigenvalue weighted by Crippen LogP contribution is 2.21. The lowest BCUT2D eigenvalue weighted by Gasteiger charge is -2.08. The topological polar surface area (TPSA) is 107 Å². The maximum Gasteiger partial charge on any atom is 0.273 e. The number of rotatable bonds is 3. The van der Waals surface area contributed by atoms with Crippen molar-refractivity contribution in [2.45, 2.75) is 6.42 Å². The van der Waals surface area contributed by atoms with Gasteiger partial charge in [0.1, 0.15) is 11.6 Å². The molecule has 1 aromatic heterocycles. The van der Waals surface area contributed by atoms with Crippen LogP contribution in [0.4, 0.5) is 0 Å². The molecule has 2 aromatic carbocycles. The van der Waals surface area contributed by atoms with E-state index in [9.17, 15) is 14.7 Å². The number of aromatic hydroxyl groups is 1. The maximum absolute atomic E-state index is 11.9. The first-order valence-electron chi connectivity index (χ1n) is 7.04. The van der Waals surface area contributed by atoms with Gasteiger partial charge in [-0.1, -0.05) is 23.7 Å². The monoisotopic (exact) mass is 344 g/mol.